The van der Waals surface area contributed by atoms with Gasteiger partial charge in [0, 0.05) is 12.0 Å². The number of phosphoric ester groups is 1. The van der Waals surface area contributed by atoms with Gasteiger partial charge in [-0.2, -0.15) is 9.97 Å². The third-order valence-corrected chi connectivity index (χ3v) is 7.96. The number of rotatable bonds is 9. The number of anilines is 2. The SMILES string of the molecule is CCOC(=O)CCNC(=O)[C@@H]1OP(=O)(OC[C@H]2O[C@@H](n3cnc4c(N)nc(N)nc43)[C@](C)(O)C2O)OCC1(C)C. The van der Waals surface area contributed by atoms with Crippen molar-refractivity contribution < 1.29 is 47.4 Å². The molecule has 2 unspecified atom stereocenters. The van der Waals surface area contributed by atoms with Crippen LogP contribution in [-0.4, -0.2) is 91.9 Å². The van der Waals surface area contributed by atoms with E-state index in [9.17, 15) is 24.4 Å². The molecule has 0 spiro atoms. The van der Waals surface area contributed by atoms with Gasteiger partial charge in [0.25, 0.3) is 0 Å². The van der Waals surface area contributed by atoms with Gasteiger partial charge in [-0.3, -0.25) is 27.7 Å². The number of ether oxygens (including phenoxy) is 2. The number of nitrogen functional groups attached to an aromatic ring is 2. The van der Waals surface area contributed by atoms with Crippen LogP contribution in [-0.2, 0) is 37.2 Å². The molecule has 2 fully saturated rings. The van der Waals surface area contributed by atoms with Crippen LogP contribution in [0.15, 0.2) is 6.33 Å². The zero-order chi connectivity index (χ0) is 29.5. The lowest BCUT2D eigenvalue weighted by atomic mass is 9.87. The van der Waals surface area contributed by atoms with E-state index in [1.807, 2.05) is 0 Å². The smallest absolute Gasteiger partial charge is 0.466 e. The number of imidazole rings is 1. The van der Waals surface area contributed by atoms with Gasteiger partial charge in [-0.15, -0.1) is 0 Å². The van der Waals surface area contributed by atoms with Crippen LogP contribution in [0.25, 0.3) is 11.2 Å². The summed E-state index contributed by atoms with van der Waals surface area (Å²) in [5.74, 6) is -1.20. The summed E-state index contributed by atoms with van der Waals surface area (Å²) < 4.78 is 41.6. The predicted octanol–water partition coefficient (Wildman–Crippen LogP) is -0.364. The van der Waals surface area contributed by atoms with Gasteiger partial charge in [0.2, 0.25) is 11.9 Å². The molecule has 4 heterocycles. The number of aromatic nitrogens is 4. The van der Waals surface area contributed by atoms with Crippen LogP contribution in [0, 0.1) is 5.41 Å². The zero-order valence-electron chi connectivity index (χ0n) is 22.5. The molecule has 2 aromatic rings. The van der Waals surface area contributed by atoms with Gasteiger partial charge >= 0.3 is 13.8 Å². The number of amides is 1. The highest BCUT2D eigenvalue weighted by atomic mass is 31.2. The quantitative estimate of drug-likeness (QED) is 0.186. The third-order valence-electron chi connectivity index (χ3n) is 6.58. The number of aliphatic hydroxyl groups excluding tert-OH is 1. The highest BCUT2D eigenvalue weighted by molar-refractivity contribution is 7.48. The fourth-order valence-corrected chi connectivity index (χ4v) is 6.03. The lowest BCUT2D eigenvalue weighted by molar-refractivity contribution is -0.144. The molecule has 7 N–H and O–H groups in total. The summed E-state index contributed by atoms with van der Waals surface area (Å²) in [4.78, 5) is 36.4. The zero-order valence-corrected chi connectivity index (χ0v) is 23.4. The Kier molecular flexibility index (Phi) is 8.38. The van der Waals surface area contributed by atoms with Crippen molar-refractivity contribution >= 4 is 42.6 Å². The van der Waals surface area contributed by atoms with E-state index in [2.05, 4.69) is 20.3 Å². The summed E-state index contributed by atoms with van der Waals surface area (Å²) in [6.45, 7) is 5.87. The van der Waals surface area contributed by atoms with Crippen LogP contribution in [0.3, 0.4) is 0 Å². The summed E-state index contributed by atoms with van der Waals surface area (Å²) in [6, 6.07) is 0. The lowest BCUT2D eigenvalue weighted by Gasteiger charge is -2.39. The molecule has 222 valence electrons. The largest absolute Gasteiger partial charge is 0.475 e. The van der Waals surface area contributed by atoms with E-state index in [0.717, 1.165) is 0 Å². The summed E-state index contributed by atoms with van der Waals surface area (Å²) in [6.07, 6.45) is -3.95. The standard InChI is InChI=1S/C22H34N7O10P/c1-5-35-12(30)6-7-25-18(32)15-21(2,3)9-37-40(34,39-15)36-8-11-14(31)22(4,33)19(38-11)29-10-26-13-16(23)27-20(24)28-17(13)29/h10-11,14-15,19,31,33H,5-9H2,1-4H3,(H,25,32)(H4,23,24,27,28)/t11-,14?,15+,19-,22-,40?/m1/s1. The number of carbonyl (C=O) groups excluding carboxylic acids is 2. The van der Waals surface area contributed by atoms with Crippen molar-refractivity contribution in [2.24, 2.45) is 5.41 Å². The highest BCUT2D eigenvalue weighted by Gasteiger charge is 2.55. The average Bonchev–Trinajstić information content (AvgIpc) is 3.38. The molecule has 1 amide bonds. The Morgan fingerprint density at radius 3 is 2.73 bits per heavy atom. The molecule has 2 aromatic heterocycles. The van der Waals surface area contributed by atoms with Crippen molar-refractivity contribution in [1.82, 2.24) is 24.8 Å². The Labute approximate surface area is 229 Å². The second-order valence-corrected chi connectivity index (χ2v) is 11.9. The first-order chi connectivity index (χ1) is 18.7. The molecule has 17 nitrogen and oxygen atoms in total. The molecule has 2 aliphatic rings. The van der Waals surface area contributed by atoms with E-state index >= 15 is 0 Å². The Hall–Kier alpha value is -2.92. The second kappa shape index (κ2) is 11.2. The van der Waals surface area contributed by atoms with Crippen molar-refractivity contribution in [1.29, 1.82) is 0 Å². The molecule has 2 saturated heterocycles. The minimum absolute atomic E-state index is 0.0106. The summed E-state index contributed by atoms with van der Waals surface area (Å²) in [5, 5.41) is 24.5. The first kappa shape index (κ1) is 30.0. The molecular formula is C22H34N7O10P. The molecule has 2 aliphatic heterocycles. The van der Waals surface area contributed by atoms with E-state index in [1.54, 1.807) is 20.8 Å². The number of hydrogen-bond acceptors (Lipinski definition) is 15. The maximum absolute atomic E-state index is 13.3. The lowest BCUT2D eigenvalue weighted by Crippen LogP contribution is -2.50. The number of nitrogens with one attached hydrogen (secondary N) is 1. The molecule has 18 heteroatoms. The van der Waals surface area contributed by atoms with Crippen molar-refractivity contribution in [3.63, 3.8) is 0 Å². The van der Waals surface area contributed by atoms with Crippen LogP contribution < -0.4 is 16.8 Å². The van der Waals surface area contributed by atoms with E-state index in [4.69, 9.17) is 34.5 Å². The van der Waals surface area contributed by atoms with Gasteiger partial charge in [0.15, 0.2) is 23.8 Å². The topological polar surface area (TPSA) is 245 Å². The molecule has 0 radical (unpaired) electrons. The maximum Gasteiger partial charge on any atom is 0.475 e. The second-order valence-electron chi connectivity index (χ2n) is 10.3. The molecule has 0 aromatic carbocycles. The van der Waals surface area contributed by atoms with Gasteiger partial charge in [-0.05, 0) is 13.8 Å². The number of nitrogens with zero attached hydrogens (tertiary/aromatic N) is 4. The normalized spacial score (nSPS) is 31.8. The summed E-state index contributed by atoms with van der Waals surface area (Å²) >= 11 is 0. The minimum Gasteiger partial charge on any atom is -0.466 e. The van der Waals surface area contributed by atoms with Crippen LogP contribution in [0.2, 0.25) is 0 Å². The number of aliphatic hydroxyl groups is 2. The van der Waals surface area contributed by atoms with Crippen LogP contribution in [0.5, 0.6) is 0 Å². The number of nitrogens with two attached hydrogens (primary N) is 2. The molecule has 40 heavy (non-hydrogen) atoms. The van der Waals surface area contributed by atoms with Crippen molar-refractivity contribution in [3.05, 3.63) is 6.33 Å². The minimum atomic E-state index is -4.32. The Morgan fingerprint density at radius 2 is 2.02 bits per heavy atom. The highest BCUT2D eigenvalue weighted by Crippen LogP contribution is 2.57. The molecule has 4 rings (SSSR count). The molecule has 0 bridgehead atoms. The fourth-order valence-electron chi connectivity index (χ4n) is 4.38. The summed E-state index contributed by atoms with van der Waals surface area (Å²) in [7, 11) is -4.32. The van der Waals surface area contributed by atoms with Gasteiger partial charge in [-0.25, -0.2) is 9.55 Å². The fraction of sp³-hybridized carbons (Fsp3) is 0.682. The van der Waals surface area contributed by atoms with Crippen molar-refractivity contribution in [3.8, 4) is 0 Å². The van der Waals surface area contributed by atoms with E-state index in [1.165, 1.54) is 17.8 Å². The van der Waals surface area contributed by atoms with Gasteiger partial charge in [0.05, 0.1) is 32.6 Å². The third kappa shape index (κ3) is 5.90. The Balaban J connectivity index is 1.43. The van der Waals surface area contributed by atoms with Crippen LogP contribution in [0.1, 0.15) is 40.3 Å². The van der Waals surface area contributed by atoms with Gasteiger partial charge < -0.3 is 36.5 Å². The van der Waals surface area contributed by atoms with Gasteiger partial charge in [-0.1, -0.05) is 13.8 Å². The van der Waals surface area contributed by atoms with E-state index in [0.29, 0.717) is 0 Å². The Bertz CT molecular complexity index is 1320. The molecule has 0 saturated carbocycles. The number of carbonyl (C=O) groups is 2. The predicted molar refractivity (Wildman–Crippen MR) is 137 cm³/mol. The van der Waals surface area contributed by atoms with Crippen LogP contribution >= 0.6 is 7.82 Å². The number of phosphoric acid groups is 1. The first-order valence-electron chi connectivity index (χ1n) is 12.5. The average molecular weight is 588 g/mol. The Morgan fingerprint density at radius 1 is 1.30 bits per heavy atom. The molecule has 0 aliphatic carbocycles. The summed E-state index contributed by atoms with van der Waals surface area (Å²) in [5.41, 5.74) is 9.15. The van der Waals surface area contributed by atoms with E-state index < -0.39 is 61.9 Å². The first-order valence-corrected chi connectivity index (χ1v) is 14.0. The number of hydrogen-bond donors (Lipinski definition) is 5. The van der Waals surface area contributed by atoms with Crippen molar-refractivity contribution in [2.45, 2.75) is 64.3 Å². The van der Waals surface area contributed by atoms with Crippen molar-refractivity contribution in [2.75, 3.05) is 37.8 Å². The molecular weight excluding hydrogens is 553 g/mol. The maximum atomic E-state index is 13.3. The monoisotopic (exact) mass is 587 g/mol. The number of fused-ring (bicyclic) bond motifs is 1. The molecule has 6 atom stereocenters. The van der Waals surface area contributed by atoms with Gasteiger partial charge in [0.1, 0.15) is 23.3 Å². The van der Waals surface area contributed by atoms with Crippen LogP contribution in [0.4, 0.5) is 11.8 Å². The number of esters is 1. The van der Waals surface area contributed by atoms with E-state index in [-0.39, 0.29) is 49.1 Å².